The third-order valence-corrected chi connectivity index (χ3v) is 4.40. The number of nitrogens with one attached hydrogen (secondary N) is 1. The second-order valence-electron chi connectivity index (χ2n) is 5.68. The van der Waals surface area contributed by atoms with Crippen molar-refractivity contribution in [1.82, 2.24) is 0 Å². The van der Waals surface area contributed by atoms with E-state index in [1.165, 1.54) is 25.7 Å². The van der Waals surface area contributed by atoms with Crippen LogP contribution in [0.15, 0.2) is 18.2 Å². The molecule has 2 N–H and O–H groups in total. The van der Waals surface area contributed by atoms with Crippen LogP contribution in [0.1, 0.15) is 41.6 Å². The zero-order chi connectivity index (χ0) is 12.7. The molecule has 1 aromatic carbocycles. The van der Waals surface area contributed by atoms with E-state index < -0.39 is 5.97 Å². The molecule has 2 fully saturated rings. The van der Waals surface area contributed by atoms with E-state index in [0.717, 1.165) is 23.1 Å². The van der Waals surface area contributed by atoms with Crippen LogP contribution < -0.4 is 5.32 Å². The number of aryl methyl sites for hydroxylation is 1. The molecule has 2 aliphatic rings. The zero-order valence-electron chi connectivity index (χ0n) is 10.6. The van der Waals surface area contributed by atoms with Crippen LogP contribution in [0.25, 0.3) is 0 Å². The van der Waals surface area contributed by atoms with Crippen molar-refractivity contribution in [1.29, 1.82) is 0 Å². The zero-order valence-corrected chi connectivity index (χ0v) is 10.6. The summed E-state index contributed by atoms with van der Waals surface area (Å²) in [4.78, 5) is 10.9. The van der Waals surface area contributed by atoms with Gasteiger partial charge in [-0.3, -0.25) is 0 Å². The summed E-state index contributed by atoms with van der Waals surface area (Å²) in [6.07, 6.45) is 5.36. The lowest BCUT2D eigenvalue weighted by Gasteiger charge is -2.24. The maximum atomic E-state index is 10.9. The van der Waals surface area contributed by atoms with E-state index in [0.29, 0.717) is 11.6 Å². The van der Waals surface area contributed by atoms with Crippen molar-refractivity contribution in [3.05, 3.63) is 29.3 Å². The highest BCUT2D eigenvalue weighted by atomic mass is 16.4. The highest BCUT2D eigenvalue weighted by Gasteiger charge is 2.45. The molecule has 2 saturated carbocycles. The molecule has 18 heavy (non-hydrogen) atoms. The average molecular weight is 245 g/mol. The molecular formula is C15H19NO2. The van der Waals surface area contributed by atoms with Crippen molar-refractivity contribution < 1.29 is 9.90 Å². The predicted octanol–water partition coefficient (Wildman–Crippen LogP) is 3.29. The number of aromatic carboxylic acids is 1. The number of carbonyl (C=O) groups is 1. The van der Waals surface area contributed by atoms with E-state index in [9.17, 15) is 4.79 Å². The van der Waals surface area contributed by atoms with Crippen LogP contribution in [-0.4, -0.2) is 17.1 Å². The van der Waals surface area contributed by atoms with Crippen molar-refractivity contribution in [2.75, 3.05) is 5.32 Å². The molecular weight excluding hydrogens is 226 g/mol. The van der Waals surface area contributed by atoms with Crippen LogP contribution >= 0.6 is 0 Å². The molecule has 3 heteroatoms. The molecule has 0 aromatic heterocycles. The van der Waals surface area contributed by atoms with Gasteiger partial charge in [-0.25, -0.2) is 4.79 Å². The standard InChI is InChI=1S/C15H19NO2/c1-9-7-11(15(17)18)5-6-13(9)16-14-4-2-3-10-8-12(10)14/h5-7,10,12,14,16H,2-4,8H2,1H3,(H,17,18)/t10-,12+,14?/m0/s1. The molecule has 0 radical (unpaired) electrons. The Hall–Kier alpha value is -1.51. The largest absolute Gasteiger partial charge is 0.478 e. The van der Waals surface area contributed by atoms with Crippen molar-refractivity contribution in [2.24, 2.45) is 11.8 Å². The van der Waals surface area contributed by atoms with E-state index in [2.05, 4.69) is 5.32 Å². The smallest absolute Gasteiger partial charge is 0.335 e. The molecule has 0 bridgehead atoms. The van der Waals surface area contributed by atoms with Gasteiger partial charge >= 0.3 is 5.97 Å². The first-order valence-corrected chi connectivity index (χ1v) is 6.75. The second-order valence-corrected chi connectivity index (χ2v) is 5.68. The SMILES string of the molecule is Cc1cc(C(=O)O)ccc1NC1CCC[C@H]2C[C@@H]12. The van der Waals surface area contributed by atoms with Gasteiger partial charge in [0.1, 0.15) is 0 Å². The molecule has 3 nitrogen and oxygen atoms in total. The molecule has 0 amide bonds. The molecule has 0 aliphatic heterocycles. The maximum Gasteiger partial charge on any atom is 0.335 e. The van der Waals surface area contributed by atoms with E-state index in [1.54, 1.807) is 12.1 Å². The minimum atomic E-state index is -0.857. The maximum absolute atomic E-state index is 10.9. The van der Waals surface area contributed by atoms with Crippen molar-refractivity contribution in [3.8, 4) is 0 Å². The summed E-state index contributed by atoms with van der Waals surface area (Å²) in [7, 11) is 0. The summed E-state index contributed by atoms with van der Waals surface area (Å²) < 4.78 is 0. The van der Waals surface area contributed by atoms with Crippen molar-refractivity contribution >= 4 is 11.7 Å². The quantitative estimate of drug-likeness (QED) is 0.859. The van der Waals surface area contributed by atoms with Gasteiger partial charge in [0.15, 0.2) is 0 Å². The number of hydrogen-bond acceptors (Lipinski definition) is 2. The van der Waals surface area contributed by atoms with Gasteiger partial charge in [0.05, 0.1) is 5.56 Å². The Kier molecular flexibility index (Phi) is 2.77. The Morgan fingerprint density at radius 1 is 1.39 bits per heavy atom. The van der Waals surface area contributed by atoms with E-state index >= 15 is 0 Å². The van der Waals surface area contributed by atoms with Crippen LogP contribution in [0.5, 0.6) is 0 Å². The lowest BCUT2D eigenvalue weighted by atomic mass is 9.95. The van der Waals surface area contributed by atoms with Crippen LogP contribution in [-0.2, 0) is 0 Å². The first-order chi connectivity index (χ1) is 8.65. The lowest BCUT2D eigenvalue weighted by molar-refractivity contribution is 0.0697. The number of benzene rings is 1. The molecule has 1 unspecified atom stereocenters. The lowest BCUT2D eigenvalue weighted by Crippen LogP contribution is -2.25. The highest BCUT2D eigenvalue weighted by molar-refractivity contribution is 5.88. The number of fused-ring (bicyclic) bond motifs is 1. The molecule has 3 atom stereocenters. The summed E-state index contributed by atoms with van der Waals surface area (Å²) in [5, 5.41) is 12.6. The minimum Gasteiger partial charge on any atom is -0.478 e. The molecule has 0 spiro atoms. The molecule has 1 aromatic rings. The number of anilines is 1. The summed E-state index contributed by atoms with van der Waals surface area (Å²) in [5.74, 6) is 0.955. The summed E-state index contributed by atoms with van der Waals surface area (Å²) in [6.45, 7) is 1.97. The van der Waals surface area contributed by atoms with Crippen LogP contribution in [0.2, 0.25) is 0 Å². The van der Waals surface area contributed by atoms with Gasteiger partial charge < -0.3 is 10.4 Å². The average Bonchev–Trinajstić information content (AvgIpc) is 3.11. The fraction of sp³-hybridized carbons (Fsp3) is 0.533. The van der Waals surface area contributed by atoms with Gasteiger partial charge in [0.2, 0.25) is 0 Å². The Morgan fingerprint density at radius 3 is 2.94 bits per heavy atom. The summed E-state index contributed by atoms with van der Waals surface area (Å²) >= 11 is 0. The highest BCUT2D eigenvalue weighted by Crippen LogP contribution is 2.50. The summed E-state index contributed by atoms with van der Waals surface area (Å²) in [6, 6.07) is 5.94. The monoisotopic (exact) mass is 245 g/mol. The Labute approximate surface area is 107 Å². The minimum absolute atomic E-state index is 0.367. The van der Waals surface area contributed by atoms with E-state index in [1.807, 2.05) is 13.0 Å². The molecule has 2 aliphatic carbocycles. The first-order valence-electron chi connectivity index (χ1n) is 6.75. The van der Waals surface area contributed by atoms with Gasteiger partial charge in [-0.05, 0) is 55.4 Å². The number of hydrogen-bond donors (Lipinski definition) is 2. The van der Waals surface area contributed by atoms with Gasteiger partial charge in [0, 0.05) is 11.7 Å². The number of carboxylic acid groups (broad SMARTS) is 1. The van der Waals surface area contributed by atoms with Crippen LogP contribution in [0.4, 0.5) is 5.69 Å². The number of rotatable bonds is 3. The van der Waals surface area contributed by atoms with Gasteiger partial charge in [0.25, 0.3) is 0 Å². The van der Waals surface area contributed by atoms with Gasteiger partial charge in [-0.15, -0.1) is 0 Å². The Bertz CT molecular complexity index is 483. The van der Waals surface area contributed by atoms with Crippen LogP contribution in [0.3, 0.4) is 0 Å². The molecule has 3 rings (SSSR count). The predicted molar refractivity (Wildman–Crippen MR) is 71.0 cm³/mol. The van der Waals surface area contributed by atoms with Crippen molar-refractivity contribution in [2.45, 2.75) is 38.6 Å². The normalized spacial score (nSPS) is 29.5. The fourth-order valence-corrected chi connectivity index (χ4v) is 3.25. The number of carboxylic acids is 1. The van der Waals surface area contributed by atoms with E-state index in [4.69, 9.17) is 5.11 Å². The topological polar surface area (TPSA) is 49.3 Å². The van der Waals surface area contributed by atoms with Gasteiger partial charge in [-0.2, -0.15) is 0 Å². The fourth-order valence-electron chi connectivity index (χ4n) is 3.25. The van der Waals surface area contributed by atoms with E-state index in [-0.39, 0.29) is 0 Å². The van der Waals surface area contributed by atoms with Crippen LogP contribution in [0, 0.1) is 18.8 Å². The third-order valence-electron chi connectivity index (χ3n) is 4.40. The Balaban J connectivity index is 1.74. The molecule has 0 saturated heterocycles. The molecule has 0 heterocycles. The Morgan fingerprint density at radius 2 is 2.22 bits per heavy atom. The first kappa shape index (κ1) is 11.6. The van der Waals surface area contributed by atoms with Crippen molar-refractivity contribution in [3.63, 3.8) is 0 Å². The molecule has 96 valence electrons. The second kappa shape index (κ2) is 4.30. The van der Waals surface area contributed by atoms with Gasteiger partial charge in [-0.1, -0.05) is 12.8 Å². The summed E-state index contributed by atoms with van der Waals surface area (Å²) in [5.41, 5.74) is 2.49. The third kappa shape index (κ3) is 2.09.